The minimum Gasteiger partial charge on any atom is -0.295 e. The molecule has 5 rings (SSSR count). The van der Waals surface area contributed by atoms with Crippen LogP contribution in [0.4, 0.5) is 0 Å². The quantitative estimate of drug-likeness (QED) is 0.517. The third-order valence-electron chi connectivity index (χ3n) is 5.18. The monoisotopic (exact) mass is 411 g/mol. The largest absolute Gasteiger partial charge is 0.295 e. The van der Waals surface area contributed by atoms with Gasteiger partial charge in [0.2, 0.25) is 0 Å². The first kappa shape index (κ1) is 17.9. The first-order valence-corrected chi connectivity index (χ1v) is 11.1. The van der Waals surface area contributed by atoms with Gasteiger partial charge in [-0.15, -0.1) is 22.7 Å². The van der Waals surface area contributed by atoms with Gasteiger partial charge in [0.1, 0.15) is 5.01 Å². The number of aromatic nitrogens is 3. The fourth-order valence-electron chi connectivity index (χ4n) is 3.70. The standard InChI is InChI=1S/C20H21N5OS2/c1-14-13-27-20-21-15(10-19(26)25(14)20)11-23-6-8-24(9-7-23)12-18-22-16-4-2-3-5-17(16)28-18/h2-5,10,13H,6-9,11-12H2,1H3. The molecule has 1 fully saturated rings. The summed E-state index contributed by atoms with van der Waals surface area (Å²) in [6.45, 7) is 7.57. The van der Waals surface area contributed by atoms with E-state index in [1.807, 2.05) is 18.4 Å². The summed E-state index contributed by atoms with van der Waals surface area (Å²) in [5.74, 6) is 0. The average Bonchev–Trinajstić information content (AvgIpc) is 3.26. The average molecular weight is 412 g/mol. The zero-order valence-electron chi connectivity index (χ0n) is 15.7. The summed E-state index contributed by atoms with van der Waals surface area (Å²) < 4.78 is 2.94. The number of para-hydroxylation sites is 1. The smallest absolute Gasteiger partial charge is 0.259 e. The van der Waals surface area contributed by atoms with Crippen molar-refractivity contribution in [3.05, 3.63) is 62.5 Å². The Labute approximate surface area is 170 Å². The van der Waals surface area contributed by atoms with Crippen LogP contribution in [0.15, 0.2) is 40.5 Å². The van der Waals surface area contributed by atoms with Gasteiger partial charge in [0, 0.05) is 49.9 Å². The van der Waals surface area contributed by atoms with E-state index in [2.05, 4.69) is 33.0 Å². The molecule has 28 heavy (non-hydrogen) atoms. The number of thiazole rings is 2. The fourth-order valence-corrected chi connectivity index (χ4v) is 5.60. The van der Waals surface area contributed by atoms with Gasteiger partial charge >= 0.3 is 0 Å². The zero-order valence-corrected chi connectivity index (χ0v) is 17.3. The molecule has 3 aromatic heterocycles. The molecule has 0 N–H and O–H groups in total. The highest BCUT2D eigenvalue weighted by Gasteiger charge is 2.19. The van der Waals surface area contributed by atoms with Crippen molar-refractivity contribution in [1.29, 1.82) is 0 Å². The van der Waals surface area contributed by atoms with Gasteiger partial charge in [-0.2, -0.15) is 0 Å². The summed E-state index contributed by atoms with van der Waals surface area (Å²) in [4.78, 5) is 27.4. The van der Waals surface area contributed by atoms with E-state index in [0.717, 1.165) is 61.1 Å². The summed E-state index contributed by atoms with van der Waals surface area (Å²) in [5, 5.41) is 3.16. The molecule has 1 aliphatic heterocycles. The number of benzene rings is 1. The molecule has 0 bridgehead atoms. The van der Waals surface area contributed by atoms with Gasteiger partial charge in [-0.05, 0) is 19.1 Å². The number of hydrogen-bond donors (Lipinski definition) is 0. The first-order valence-electron chi connectivity index (χ1n) is 9.42. The predicted octanol–water partition coefficient (Wildman–Crippen LogP) is 2.99. The van der Waals surface area contributed by atoms with Crippen LogP contribution in [0.5, 0.6) is 0 Å². The topological polar surface area (TPSA) is 53.7 Å². The molecule has 1 aliphatic rings. The molecular formula is C20H21N5OS2. The van der Waals surface area contributed by atoms with Crippen molar-refractivity contribution in [3.8, 4) is 0 Å². The van der Waals surface area contributed by atoms with Gasteiger partial charge in [0.15, 0.2) is 4.96 Å². The molecule has 1 saturated heterocycles. The normalized spacial score (nSPS) is 16.3. The lowest BCUT2D eigenvalue weighted by molar-refractivity contribution is 0.121. The highest BCUT2D eigenvalue weighted by atomic mass is 32.1. The molecule has 144 valence electrons. The van der Waals surface area contributed by atoms with Crippen LogP contribution in [0.2, 0.25) is 0 Å². The van der Waals surface area contributed by atoms with E-state index < -0.39 is 0 Å². The van der Waals surface area contributed by atoms with Crippen LogP contribution in [0.25, 0.3) is 15.2 Å². The SMILES string of the molecule is Cc1csc2nc(CN3CCN(Cc4nc5ccccc5s4)CC3)cc(=O)n12. The Balaban J connectivity index is 1.22. The minimum atomic E-state index is 0.0215. The molecule has 0 saturated carbocycles. The fraction of sp³-hybridized carbons (Fsp3) is 0.350. The lowest BCUT2D eigenvalue weighted by Crippen LogP contribution is -2.45. The van der Waals surface area contributed by atoms with Crippen LogP contribution in [0.1, 0.15) is 16.4 Å². The van der Waals surface area contributed by atoms with Crippen molar-refractivity contribution in [2.75, 3.05) is 26.2 Å². The molecule has 1 aromatic carbocycles. The summed E-state index contributed by atoms with van der Waals surface area (Å²) in [7, 11) is 0. The van der Waals surface area contributed by atoms with E-state index in [-0.39, 0.29) is 5.56 Å². The summed E-state index contributed by atoms with van der Waals surface area (Å²) in [5.41, 5.74) is 2.94. The van der Waals surface area contributed by atoms with Gasteiger partial charge in [-0.25, -0.2) is 9.97 Å². The van der Waals surface area contributed by atoms with E-state index in [1.165, 1.54) is 21.0 Å². The summed E-state index contributed by atoms with van der Waals surface area (Å²) >= 11 is 3.31. The predicted molar refractivity (Wildman–Crippen MR) is 114 cm³/mol. The van der Waals surface area contributed by atoms with Crippen LogP contribution in [-0.2, 0) is 13.1 Å². The lowest BCUT2D eigenvalue weighted by atomic mass is 10.3. The summed E-state index contributed by atoms with van der Waals surface area (Å²) in [6, 6.07) is 10.0. The van der Waals surface area contributed by atoms with Crippen molar-refractivity contribution in [3.63, 3.8) is 0 Å². The van der Waals surface area contributed by atoms with Gasteiger partial charge in [-0.1, -0.05) is 12.1 Å². The molecular weight excluding hydrogens is 390 g/mol. The summed E-state index contributed by atoms with van der Waals surface area (Å²) in [6.07, 6.45) is 0. The second-order valence-corrected chi connectivity index (χ2v) is 9.16. The second-order valence-electron chi connectivity index (χ2n) is 7.21. The van der Waals surface area contributed by atoms with Crippen molar-refractivity contribution < 1.29 is 0 Å². The number of nitrogens with zero attached hydrogens (tertiary/aromatic N) is 5. The molecule has 4 heterocycles. The molecule has 6 nitrogen and oxygen atoms in total. The van der Waals surface area contributed by atoms with Gasteiger partial charge in [0.25, 0.3) is 5.56 Å². The Morgan fingerprint density at radius 1 is 1.04 bits per heavy atom. The van der Waals surface area contributed by atoms with Crippen molar-refractivity contribution in [2.45, 2.75) is 20.0 Å². The molecule has 0 atom stereocenters. The number of hydrogen-bond acceptors (Lipinski definition) is 7. The maximum atomic E-state index is 12.3. The Kier molecular flexibility index (Phi) is 4.72. The lowest BCUT2D eigenvalue weighted by Gasteiger charge is -2.33. The molecule has 4 aromatic rings. The van der Waals surface area contributed by atoms with Gasteiger partial charge in [0.05, 0.1) is 22.5 Å². The third-order valence-corrected chi connectivity index (χ3v) is 7.14. The van der Waals surface area contributed by atoms with E-state index in [1.54, 1.807) is 21.8 Å². The Morgan fingerprint density at radius 3 is 2.57 bits per heavy atom. The number of rotatable bonds is 4. The van der Waals surface area contributed by atoms with Crippen molar-refractivity contribution in [1.82, 2.24) is 24.2 Å². The number of piperazine rings is 1. The Bertz CT molecular complexity index is 1150. The minimum absolute atomic E-state index is 0.0215. The first-order chi connectivity index (χ1) is 13.7. The highest BCUT2D eigenvalue weighted by Crippen LogP contribution is 2.23. The molecule has 8 heteroatoms. The van der Waals surface area contributed by atoms with Crippen LogP contribution in [0, 0.1) is 6.92 Å². The molecule has 0 spiro atoms. The van der Waals surface area contributed by atoms with Gasteiger partial charge in [-0.3, -0.25) is 19.0 Å². The third kappa shape index (κ3) is 3.48. The van der Waals surface area contributed by atoms with Crippen LogP contribution < -0.4 is 5.56 Å². The van der Waals surface area contributed by atoms with E-state index in [0.29, 0.717) is 0 Å². The van der Waals surface area contributed by atoms with Crippen molar-refractivity contribution in [2.24, 2.45) is 0 Å². The Morgan fingerprint density at radius 2 is 1.79 bits per heavy atom. The van der Waals surface area contributed by atoms with Crippen LogP contribution >= 0.6 is 22.7 Å². The zero-order chi connectivity index (χ0) is 19.1. The van der Waals surface area contributed by atoms with Crippen LogP contribution in [-0.4, -0.2) is 50.3 Å². The number of aryl methyl sites for hydroxylation is 1. The second kappa shape index (κ2) is 7.36. The van der Waals surface area contributed by atoms with Gasteiger partial charge < -0.3 is 0 Å². The number of fused-ring (bicyclic) bond motifs is 2. The van der Waals surface area contributed by atoms with E-state index >= 15 is 0 Å². The van der Waals surface area contributed by atoms with E-state index in [9.17, 15) is 4.79 Å². The highest BCUT2D eigenvalue weighted by molar-refractivity contribution is 7.18. The molecule has 0 radical (unpaired) electrons. The van der Waals surface area contributed by atoms with Crippen LogP contribution in [0.3, 0.4) is 0 Å². The van der Waals surface area contributed by atoms with E-state index in [4.69, 9.17) is 4.98 Å². The van der Waals surface area contributed by atoms with Crippen molar-refractivity contribution >= 4 is 37.9 Å². The Hall–Kier alpha value is -2.13. The molecule has 0 unspecified atom stereocenters. The maximum absolute atomic E-state index is 12.3. The maximum Gasteiger partial charge on any atom is 0.259 e. The molecule has 0 amide bonds. The molecule has 0 aliphatic carbocycles.